The van der Waals surface area contributed by atoms with Gasteiger partial charge in [-0.2, -0.15) is 0 Å². The summed E-state index contributed by atoms with van der Waals surface area (Å²) in [5, 5.41) is 0. The maximum absolute atomic E-state index is 12.6. The molecule has 2 atom stereocenters. The lowest BCUT2D eigenvalue weighted by atomic mass is 10.1. The third kappa shape index (κ3) is 6.96. The fourth-order valence-corrected chi connectivity index (χ4v) is 5.43. The Balaban J connectivity index is 1.42. The highest BCUT2D eigenvalue weighted by molar-refractivity contribution is 5.69. The smallest absolute Gasteiger partial charge is 0.410 e. The standard InChI is InChI=1S/C30H44N4O3/c1-23-19-32(15-14-31(23)21-25-10-8-7-9-11-25)28-13-12-27(18-26(28)22-36-6)34-17-16-33(20-24(34)2)29(35)37-30(3,4)5/h7-13,18,23-24H,14-17,19-22H2,1-6H3/t23-,24+/m0/s1. The fourth-order valence-electron chi connectivity index (χ4n) is 5.43. The Morgan fingerprint density at radius 1 is 0.946 bits per heavy atom. The Bertz CT molecular complexity index is 1040. The summed E-state index contributed by atoms with van der Waals surface area (Å²) in [5.74, 6) is 0. The van der Waals surface area contributed by atoms with Crippen molar-refractivity contribution < 1.29 is 14.3 Å². The first-order valence-electron chi connectivity index (χ1n) is 13.5. The minimum absolute atomic E-state index is 0.198. The van der Waals surface area contributed by atoms with Crippen molar-refractivity contribution in [2.24, 2.45) is 0 Å². The van der Waals surface area contributed by atoms with Crippen molar-refractivity contribution in [2.45, 2.75) is 65.5 Å². The van der Waals surface area contributed by atoms with Crippen molar-refractivity contribution in [2.75, 3.05) is 56.2 Å². The topological polar surface area (TPSA) is 48.5 Å². The quantitative estimate of drug-likeness (QED) is 0.548. The van der Waals surface area contributed by atoms with Gasteiger partial charge in [-0.1, -0.05) is 30.3 Å². The Morgan fingerprint density at radius 2 is 1.70 bits per heavy atom. The second kappa shape index (κ2) is 11.7. The molecule has 0 radical (unpaired) electrons. The molecule has 7 nitrogen and oxygen atoms in total. The van der Waals surface area contributed by atoms with Gasteiger partial charge in [-0.3, -0.25) is 4.90 Å². The van der Waals surface area contributed by atoms with Gasteiger partial charge in [0.1, 0.15) is 5.60 Å². The molecule has 37 heavy (non-hydrogen) atoms. The first-order valence-corrected chi connectivity index (χ1v) is 13.5. The minimum atomic E-state index is -0.479. The van der Waals surface area contributed by atoms with E-state index < -0.39 is 5.60 Å². The number of rotatable bonds is 6. The van der Waals surface area contributed by atoms with Crippen LogP contribution in [-0.4, -0.2) is 80.0 Å². The fraction of sp³-hybridized carbons (Fsp3) is 0.567. The predicted molar refractivity (Wildman–Crippen MR) is 150 cm³/mol. The molecule has 1 amide bonds. The zero-order chi connectivity index (χ0) is 26.6. The van der Waals surface area contributed by atoms with Crippen molar-refractivity contribution in [1.82, 2.24) is 9.80 Å². The van der Waals surface area contributed by atoms with E-state index in [0.29, 0.717) is 25.7 Å². The van der Waals surface area contributed by atoms with Crippen molar-refractivity contribution in [1.29, 1.82) is 0 Å². The Hall–Kier alpha value is -2.77. The van der Waals surface area contributed by atoms with E-state index in [1.165, 1.54) is 22.5 Å². The molecule has 2 aromatic rings. The maximum atomic E-state index is 12.6. The lowest BCUT2D eigenvalue weighted by molar-refractivity contribution is 0.0219. The van der Waals surface area contributed by atoms with Gasteiger partial charge in [-0.25, -0.2) is 4.79 Å². The Morgan fingerprint density at radius 3 is 2.35 bits per heavy atom. The van der Waals surface area contributed by atoms with Crippen molar-refractivity contribution in [3.8, 4) is 0 Å². The SMILES string of the molecule is COCc1cc(N2CCN(C(=O)OC(C)(C)C)C[C@H]2C)ccc1N1CCN(Cc2ccccc2)[C@@H](C)C1. The number of carbonyl (C=O) groups is 1. The molecule has 2 aromatic carbocycles. The zero-order valence-electron chi connectivity index (χ0n) is 23.4. The van der Waals surface area contributed by atoms with Gasteiger partial charge in [0, 0.05) is 81.9 Å². The molecule has 0 N–H and O–H groups in total. The third-order valence-corrected chi connectivity index (χ3v) is 7.31. The number of hydrogen-bond donors (Lipinski definition) is 0. The van der Waals surface area contributed by atoms with Gasteiger partial charge in [0.05, 0.1) is 6.61 Å². The summed E-state index contributed by atoms with van der Waals surface area (Å²) in [7, 11) is 1.76. The van der Waals surface area contributed by atoms with Crippen LogP contribution in [0.15, 0.2) is 48.5 Å². The number of piperazine rings is 2. The van der Waals surface area contributed by atoms with E-state index in [9.17, 15) is 4.79 Å². The molecular weight excluding hydrogens is 464 g/mol. The van der Waals surface area contributed by atoms with Crippen LogP contribution in [-0.2, 0) is 22.6 Å². The lowest BCUT2D eigenvalue weighted by Crippen LogP contribution is -2.54. The number of amides is 1. The minimum Gasteiger partial charge on any atom is -0.444 e. The first-order chi connectivity index (χ1) is 17.6. The van der Waals surface area contributed by atoms with Gasteiger partial charge < -0.3 is 24.2 Å². The van der Waals surface area contributed by atoms with Gasteiger partial charge in [-0.05, 0) is 58.4 Å². The molecule has 0 unspecified atom stereocenters. The summed E-state index contributed by atoms with van der Waals surface area (Å²) >= 11 is 0. The van der Waals surface area contributed by atoms with E-state index in [-0.39, 0.29) is 12.1 Å². The van der Waals surface area contributed by atoms with Crippen LogP contribution in [0, 0.1) is 0 Å². The zero-order valence-corrected chi connectivity index (χ0v) is 23.4. The average Bonchev–Trinajstić information content (AvgIpc) is 2.85. The molecule has 0 bridgehead atoms. The number of benzene rings is 2. The van der Waals surface area contributed by atoms with E-state index in [1.807, 2.05) is 25.7 Å². The van der Waals surface area contributed by atoms with Crippen LogP contribution in [0.25, 0.3) is 0 Å². The predicted octanol–water partition coefficient (Wildman–Crippen LogP) is 4.99. The van der Waals surface area contributed by atoms with Crippen molar-refractivity contribution in [3.05, 3.63) is 59.7 Å². The Kier molecular flexibility index (Phi) is 8.65. The number of ether oxygens (including phenoxy) is 2. The molecule has 2 saturated heterocycles. The van der Waals surface area contributed by atoms with Crippen LogP contribution >= 0.6 is 0 Å². The van der Waals surface area contributed by atoms with Crippen LogP contribution in [0.3, 0.4) is 0 Å². The second-order valence-electron chi connectivity index (χ2n) is 11.5. The molecular formula is C30H44N4O3. The first kappa shape index (κ1) is 27.3. The summed E-state index contributed by atoms with van der Waals surface area (Å²) in [4.78, 5) is 21.9. The van der Waals surface area contributed by atoms with Crippen LogP contribution in [0.5, 0.6) is 0 Å². The third-order valence-electron chi connectivity index (χ3n) is 7.31. The Labute approximate surface area is 222 Å². The van der Waals surface area contributed by atoms with Gasteiger partial charge in [-0.15, -0.1) is 0 Å². The van der Waals surface area contributed by atoms with E-state index >= 15 is 0 Å². The number of hydrogen-bond acceptors (Lipinski definition) is 6. The van der Waals surface area contributed by atoms with E-state index in [1.54, 1.807) is 7.11 Å². The molecule has 2 fully saturated rings. The van der Waals surface area contributed by atoms with E-state index in [4.69, 9.17) is 9.47 Å². The van der Waals surface area contributed by atoms with Crippen LogP contribution < -0.4 is 9.80 Å². The highest BCUT2D eigenvalue weighted by atomic mass is 16.6. The highest BCUT2D eigenvalue weighted by Crippen LogP contribution is 2.31. The largest absolute Gasteiger partial charge is 0.444 e. The number of carbonyl (C=O) groups excluding carboxylic acids is 1. The summed E-state index contributed by atoms with van der Waals surface area (Å²) < 4.78 is 11.2. The molecule has 0 saturated carbocycles. The molecule has 0 aromatic heterocycles. The van der Waals surface area contributed by atoms with Crippen molar-refractivity contribution in [3.63, 3.8) is 0 Å². The van der Waals surface area contributed by atoms with Crippen LogP contribution in [0.1, 0.15) is 45.7 Å². The molecule has 2 aliphatic rings. The molecule has 7 heteroatoms. The molecule has 4 rings (SSSR count). The highest BCUT2D eigenvalue weighted by Gasteiger charge is 2.31. The van der Waals surface area contributed by atoms with Gasteiger partial charge in [0.2, 0.25) is 0 Å². The second-order valence-corrected chi connectivity index (χ2v) is 11.5. The molecule has 202 valence electrons. The van der Waals surface area contributed by atoms with Crippen molar-refractivity contribution >= 4 is 17.5 Å². The normalized spacial score (nSPS) is 21.3. The molecule has 2 aliphatic heterocycles. The summed E-state index contributed by atoms with van der Waals surface area (Å²) in [6, 6.07) is 18.2. The van der Waals surface area contributed by atoms with Gasteiger partial charge >= 0.3 is 6.09 Å². The van der Waals surface area contributed by atoms with Gasteiger partial charge in [0.15, 0.2) is 0 Å². The molecule has 0 spiro atoms. The molecule has 2 heterocycles. The van der Waals surface area contributed by atoms with Gasteiger partial charge in [0.25, 0.3) is 0 Å². The average molecular weight is 509 g/mol. The monoisotopic (exact) mass is 508 g/mol. The summed E-state index contributed by atoms with van der Waals surface area (Å²) in [5.41, 5.74) is 4.55. The maximum Gasteiger partial charge on any atom is 0.410 e. The number of methoxy groups -OCH3 is 1. The molecule has 0 aliphatic carbocycles. The lowest BCUT2D eigenvalue weighted by Gasteiger charge is -2.43. The van der Waals surface area contributed by atoms with Crippen LogP contribution in [0.4, 0.5) is 16.2 Å². The summed E-state index contributed by atoms with van der Waals surface area (Å²) in [6.45, 7) is 16.9. The van der Waals surface area contributed by atoms with E-state index in [2.05, 4.69) is 77.1 Å². The number of nitrogens with zero attached hydrogens (tertiary/aromatic N) is 4. The number of anilines is 2. The van der Waals surface area contributed by atoms with E-state index in [0.717, 1.165) is 32.7 Å². The summed E-state index contributed by atoms with van der Waals surface area (Å²) in [6.07, 6.45) is -0.227. The van der Waals surface area contributed by atoms with Crippen LogP contribution in [0.2, 0.25) is 0 Å².